The summed E-state index contributed by atoms with van der Waals surface area (Å²) < 4.78 is 7.63. The van der Waals surface area contributed by atoms with E-state index in [1.54, 1.807) is 6.07 Å². The quantitative estimate of drug-likeness (QED) is 0.790. The highest BCUT2D eigenvalue weighted by Gasteiger charge is 2.37. The highest BCUT2D eigenvalue weighted by Crippen LogP contribution is 2.29. The monoisotopic (exact) mass is 355 g/mol. The number of fused-ring (bicyclic) bond motifs is 4. The summed E-state index contributed by atoms with van der Waals surface area (Å²) in [5, 5.41) is 10.4. The third kappa shape index (κ3) is 3.90. The molecule has 2 N–H and O–H groups in total. The highest BCUT2D eigenvalue weighted by atomic mass is 16.5. The number of nitrogens with one attached hydrogen (secondary N) is 1. The summed E-state index contributed by atoms with van der Waals surface area (Å²) in [4.78, 5) is 13.5. The van der Waals surface area contributed by atoms with Gasteiger partial charge in [0.15, 0.2) is 0 Å². The zero-order chi connectivity index (χ0) is 17.9. The minimum absolute atomic E-state index is 0.120. The average Bonchev–Trinajstić information content (AvgIpc) is 2.63. The Labute approximate surface area is 153 Å². The topological polar surface area (TPSA) is 55.9 Å². The molecule has 0 amide bonds. The Morgan fingerprint density at radius 2 is 2.00 bits per heavy atom. The zero-order valence-corrected chi connectivity index (χ0v) is 15.0. The number of aliphatic hydroxyl groups excluding tert-OH is 1. The fourth-order valence-corrected chi connectivity index (χ4v) is 4.57. The third-order valence-corrected chi connectivity index (χ3v) is 5.62. The molecule has 1 fully saturated rings. The van der Waals surface area contributed by atoms with Gasteiger partial charge in [-0.15, -0.1) is 0 Å². The van der Waals surface area contributed by atoms with E-state index in [4.69, 9.17) is 4.74 Å². The average molecular weight is 355 g/mol. The van der Waals surface area contributed by atoms with Crippen LogP contribution in [0.5, 0.6) is 0 Å². The fourth-order valence-electron chi connectivity index (χ4n) is 4.57. The van der Waals surface area contributed by atoms with Gasteiger partial charge in [-0.05, 0) is 18.1 Å². The molecule has 5 heteroatoms. The van der Waals surface area contributed by atoms with Crippen molar-refractivity contribution >= 4 is 0 Å². The molecule has 1 saturated heterocycles. The molecule has 0 radical (unpaired) electrons. The second-order valence-corrected chi connectivity index (χ2v) is 7.72. The van der Waals surface area contributed by atoms with Crippen molar-refractivity contribution in [2.75, 3.05) is 26.2 Å². The Morgan fingerprint density at radius 1 is 1.15 bits per heavy atom. The van der Waals surface area contributed by atoms with Gasteiger partial charge in [0.05, 0.1) is 26.3 Å². The molecule has 2 aliphatic heterocycles. The number of quaternary nitrogens is 1. The molecule has 2 aromatic rings. The van der Waals surface area contributed by atoms with E-state index in [9.17, 15) is 9.90 Å². The second-order valence-electron chi connectivity index (χ2n) is 7.72. The Kier molecular flexibility index (Phi) is 5.20. The number of ether oxygens (including phenoxy) is 1. The highest BCUT2D eigenvalue weighted by molar-refractivity contribution is 5.15. The van der Waals surface area contributed by atoms with Crippen LogP contribution in [0.4, 0.5) is 0 Å². The van der Waals surface area contributed by atoms with E-state index in [2.05, 4.69) is 6.07 Å². The minimum atomic E-state index is -0.453. The van der Waals surface area contributed by atoms with Crippen LogP contribution in [0.2, 0.25) is 0 Å². The van der Waals surface area contributed by atoms with Gasteiger partial charge in [0.2, 0.25) is 0 Å². The molecular weight excluding hydrogens is 328 g/mol. The number of pyridine rings is 1. The van der Waals surface area contributed by atoms with E-state index >= 15 is 0 Å². The first-order valence-corrected chi connectivity index (χ1v) is 9.52. The first-order valence-electron chi connectivity index (χ1n) is 9.52. The lowest BCUT2D eigenvalue weighted by Gasteiger charge is -2.40. The maximum absolute atomic E-state index is 12.1. The molecule has 1 aromatic heterocycles. The van der Waals surface area contributed by atoms with E-state index < -0.39 is 6.10 Å². The van der Waals surface area contributed by atoms with Crippen molar-refractivity contribution in [3.63, 3.8) is 0 Å². The van der Waals surface area contributed by atoms with Gasteiger partial charge >= 0.3 is 0 Å². The van der Waals surface area contributed by atoms with E-state index in [0.29, 0.717) is 31.6 Å². The molecule has 3 heterocycles. The number of benzene rings is 1. The zero-order valence-electron chi connectivity index (χ0n) is 15.0. The predicted molar refractivity (Wildman–Crippen MR) is 99.2 cm³/mol. The van der Waals surface area contributed by atoms with Crippen molar-refractivity contribution in [2.45, 2.75) is 31.6 Å². The molecule has 4 atom stereocenters. The lowest BCUT2D eigenvalue weighted by atomic mass is 9.83. The Hall–Kier alpha value is -1.95. The molecule has 4 rings (SSSR count). The predicted octanol–water partition coefficient (Wildman–Crippen LogP) is 0.428. The van der Waals surface area contributed by atoms with Crippen molar-refractivity contribution in [1.82, 2.24) is 4.57 Å². The molecule has 2 unspecified atom stereocenters. The summed E-state index contributed by atoms with van der Waals surface area (Å²) in [5.41, 5.74) is 2.41. The van der Waals surface area contributed by atoms with Crippen LogP contribution in [-0.4, -0.2) is 42.0 Å². The second kappa shape index (κ2) is 7.74. The lowest BCUT2D eigenvalue weighted by Crippen LogP contribution is -3.15. The molecule has 26 heavy (non-hydrogen) atoms. The number of aliphatic hydroxyl groups is 1. The van der Waals surface area contributed by atoms with Crippen molar-refractivity contribution in [1.29, 1.82) is 0 Å². The number of piperidine rings is 1. The van der Waals surface area contributed by atoms with Crippen LogP contribution < -0.4 is 10.5 Å². The van der Waals surface area contributed by atoms with Crippen LogP contribution in [0.1, 0.15) is 23.6 Å². The summed E-state index contributed by atoms with van der Waals surface area (Å²) >= 11 is 0. The Balaban J connectivity index is 1.30. The maximum atomic E-state index is 12.1. The number of hydrogen-bond donors (Lipinski definition) is 2. The van der Waals surface area contributed by atoms with Crippen molar-refractivity contribution in [3.05, 3.63) is 70.1 Å². The van der Waals surface area contributed by atoms with Crippen LogP contribution in [0, 0.1) is 5.92 Å². The molecule has 2 aliphatic rings. The Morgan fingerprint density at radius 3 is 2.85 bits per heavy atom. The van der Waals surface area contributed by atoms with Gasteiger partial charge in [-0.25, -0.2) is 0 Å². The smallest absolute Gasteiger partial charge is 0.250 e. The molecule has 2 bridgehead atoms. The van der Waals surface area contributed by atoms with Crippen LogP contribution in [0.25, 0.3) is 0 Å². The number of hydrogen-bond acceptors (Lipinski definition) is 3. The number of nitrogens with zero attached hydrogens (tertiary/aromatic N) is 1. The van der Waals surface area contributed by atoms with Gasteiger partial charge < -0.3 is 19.3 Å². The SMILES string of the molecule is O=c1cccc2n1C[C@@H]1C[C@H]2C[NH+](CC(O)COCc2ccccc2)C1. The summed E-state index contributed by atoms with van der Waals surface area (Å²) in [5.74, 6) is 0.942. The van der Waals surface area contributed by atoms with Gasteiger partial charge in [-0.3, -0.25) is 4.79 Å². The molecule has 0 spiro atoms. The van der Waals surface area contributed by atoms with Gasteiger partial charge in [-0.2, -0.15) is 0 Å². The summed E-state index contributed by atoms with van der Waals surface area (Å²) in [6.45, 7) is 4.43. The molecule has 0 saturated carbocycles. The Bertz CT molecular complexity index is 789. The lowest BCUT2D eigenvalue weighted by molar-refractivity contribution is -0.914. The molecular formula is C21H27N2O3+. The molecule has 0 aliphatic carbocycles. The largest absolute Gasteiger partial charge is 0.385 e. The third-order valence-electron chi connectivity index (χ3n) is 5.62. The first-order chi connectivity index (χ1) is 12.7. The van der Waals surface area contributed by atoms with Crippen LogP contribution in [-0.2, 0) is 17.9 Å². The van der Waals surface area contributed by atoms with Crippen LogP contribution in [0.15, 0.2) is 53.3 Å². The van der Waals surface area contributed by atoms with Gasteiger partial charge in [0.1, 0.15) is 12.6 Å². The van der Waals surface area contributed by atoms with Gasteiger partial charge in [0, 0.05) is 30.1 Å². The number of aromatic nitrogens is 1. The van der Waals surface area contributed by atoms with E-state index in [1.807, 2.05) is 41.0 Å². The number of likely N-dealkylation sites (tertiary alicyclic amines) is 1. The first kappa shape index (κ1) is 17.5. The molecule has 1 aromatic carbocycles. The van der Waals surface area contributed by atoms with Gasteiger partial charge in [-0.1, -0.05) is 36.4 Å². The summed E-state index contributed by atoms with van der Waals surface area (Å²) in [6.07, 6.45) is 0.707. The number of rotatable bonds is 6. The minimum Gasteiger partial charge on any atom is -0.385 e. The van der Waals surface area contributed by atoms with Gasteiger partial charge in [0.25, 0.3) is 5.56 Å². The van der Waals surface area contributed by atoms with Crippen molar-refractivity contribution < 1.29 is 14.7 Å². The molecule has 5 nitrogen and oxygen atoms in total. The summed E-state index contributed by atoms with van der Waals surface area (Å²) in [7, 11) is 0. The summed E-state index contributed by atoms with van der Waals surface area (Å²) in [6, 6.07) is 15.7. The van der Waals surface area contributed by atoms with Crippen molar-refractivity contribution in [2.24, 2.45) is 5.92 Å². The standard InChI is InChI=1S/C21H26N2O3/c24-19(15-26-14-16-5-2-1-3-6-16)13-22-10-17-9-18(12-22)20-7-4-8-21(25)23(20)11-17/h1-8,17-19,24H,9-15H2/p+1/t17-,18+,19?/m1/s1. The normalized spacial score (nSPS) is 25.5. The van der Waals surface area contributed by atoms with Crippen LogP contribution in [0.3, 0.4) is 0 Å². The maximum Gasteiger partial charge on any atom is 0.250 e. The molecule has 138 valence electrons. The van der Waals surface area contributed by atoms with E-state index in [1.165, 1.54) is 10.6 Å². The van der Waals surface area contributed by atoms with E-state index in [-0.39, 0.29) is 5.56 Å². The van der Waals surface area contributed by atoms with E-state index in [0.717, 1.165) is 31.6 Å². The fraction of sp³-hybridized carbons (Fsp3) is 0.476. The van der Waals surface area contributed by atoms with Crippen LogP contribution >= 0.6 is 0 Å². The van der Waals surface area contributed by atoms with Crippen molar-refractivity contribution in [3.8, 4) is 0 Å².